The molecule has 1 N–H and O–H groups in total. The molecule has 3 fully saturated rings. The lowest BCUT2D eigenvalue weighted by atomic mass is 9.75. The number of anilines is 1. The number of piperidine rings is 3. The Morgan fingerprint density at radius 1 is 1.09 bits per heavy atom. The van der Waals surface area contributed by atoms with Crippen molar-refractivity contribution in [2.75, 3.05) is 18.4 Å². The molecule has 0 radical (unpaired) electrons. The van der Waals surface area contributed by atoms with Gasteiger partial charge < -0.3 is 5.32 Å². The lowest BCUT2D eigenvalue weighted by Gasteiger charge is -2.49. The Morgan fingerprint density at radius 2 is 1.85 bits per heavy atom. The highest BCUT2D eigenvalue weighted by atomic mass is 16.2. The van der Waals surface area contributed by atoms with Crippen molar-refractivity contribution >= 4 is 11.6 Å². The number of rotatable bonds is 5. The van der Waals surface area contributed by atoms with Crippen LogP contribution in [0.15, 0.2) is 60.8 Å². The molecule has 0 saturated carbocycles. The maximum atomic E-state index is 12.9. The van der Waals surface area contributed by atoms with Crippen LogP contribution >= 0.6 is 0 Å². The molecule has 172 valence electrons. The van der Waals surface area contributed by atoms with Gasteiger partial charge in [-0.25, -0.2) is 0 Å². The highest BCUT2D eigenvalue weighted by molar-refractivity contribution is 5.93. The molecule has 3 aliphatic rings. The molecule has 6 nitrogen and oxygen atoms in total. The quantitative estimate of drug-likeness (QED) is 0.626. The van der Waals surface area contributed by atoms with E-state index in [-0.39, 0.29) is 17.2 Å². The van der Waals surface area contributed by atoms with Gasteiger partial charge in [0.05, 0.1) is 18.7 Å². The lowest BCUT2D eigenvalue weighted by molar-refractivity contribution is -0.127. The molecule has 3 aliphatic heterocycles. The summed E-state index contributed by atoms with van der Waals surface area (Å²) in [5, 5.41) is 11.9. The number of nitrogens with one attached hydrogen (secondary N) is 1. The van der Waals surface area contributed by atoms with Crippen molar-refractivity contribution < 1.29 is 4.79 Å². The smallest absolute Gasteiger partial charge is 0.229 e. The third-order valence-corrected chi connectivity index (χ3v) is 7.24. The number of carbonyl (C=O) groups is 1. The molecule has 2 bridgehead atoms. The molecule has 6 heteroatoms. The Labute approximate surface area is 196 Å². The van der Waals surface area contributed by atoms with Gasteiger partial charge in [0, 0.05) is 23.8 Å². The Balaban J connectivity index is 1.21. The van der Waals surface area contributed by atoms with Crippen LogP contribution < -0.4 is 5.32 Å². The van der Waals surface area contributed by atoms with Crippen molar-refractivity contribution in [1.29, 1.82) is 0 Å². The zero-order valence-electron chi connectivity index (χ0n) is 19.7. The lowest BCUT2D eigenvalue weighted by Crippen LogP contribution is -2.57. The van der Waals surface area contributed by atoms with Gasteiger partial charge in [-0.3, -0.25) is 14.4 Å². The van der Waals surface area contributed by atoms with Gasteiger partial charge in [0.15, 0.2) is 0 Å². The SMILES string of the molecule is CC(C)(C)c1ccc(-c2cn(CC3CC4CCN3CC4C(=O)Nc3ccccc3)nn2)cc1. The monoisotopic (exact) mass is 443 g/mol. The summed E-state index contributed by atoms with van der Waals surface area (Å²) >= 11 is 0. The van der Waals surface area contributed by atoms with Crippen LogP contribution in [0.3, 0.4) is 0 Å². The topological polar surface area (TPSA) is 63.1 Å². The van der Waals surface area contributed by atoms with E-state index < -0.39 is 0 Å². The van der Waals surface area contributed by atoms with Crippen LogP contribution in [-0.2, 0) is 16.8 Å². The number of benzene rings is 2. The Morgan fingerprint density at radius 3 is 2.52 bits per heavy atom. The van der Waals surface area contributed by atoms with Gasteiger partial charge in [0.25, 0.3) is 0 Å². The summed E-state index contributed by atoms with van der Waals surface area (Å²) in [4.78, 5) is 15.4. The van der Waals surface area contributed by atoms with E-state index in [0.29, 0.717) is 12.0 Å². The molecule has 2 aromatic carbocycles. The van der Waals surface area contributed by atoms with Crippen LogP contribution in [0.1, 0.15) is 39.2 Å². The zero-order chi connectivity index (χ0) is 23.0. The van der Waals surface area contributed by atoms with Crippen LogP contribution in [0.5, 0.6) is 0 Å². The summed E-state index contributed by atoms with van der Waals surface area (Å²) in [7, 11) is 0. The average molecular weight is 444 g/mol. The van der Waals surface area contributed by atoms with Crippen LogP contribution in [0.2, 0.25) is 0 Å². The summed E-state index contributed by atoms with van der Waals surface area (Å²) in [5.41, 5.74) is 4.33. The fourth-order valence-corrected chi connectivity index (χ4v) is 5.26. The van der Waals surface area contributed by atoms with Crippen molar-refractivity contribution in [3.63, 3.8) is 0 Å². The van der Waals surface area contributed by atoms with Crippen LogP contribution in [0.25, 0.3) is 11.3 Å². The second kappa shape index (κ2) is 8.75. The minimum atomic E-state index is 0.0582. The van der Waals surface area contributed by atoms with E-state index >= 15 is 0 Å². The predicted molar refractivity (Wildman–Crippen MR) is 131 cm³/mol. The van der Waals surface area contributed by atoms with Gasteiger partial charge in [-0.15, -0.1) is 5.10 Å². The van der Waals surface area contributed by atoms with Crippen molar-refractivity contribution in [2.24, 2.45) is 11.8 Å². The molecule has 4 unspecified atom stereocenters. The molecule has 3 aromatic rings. The van der Waals surface area contributed by atoms with Gasteiger partial charge in [-0.1, -0.05) is 68.4 Å². The van der Waals surface area contributed by atoms with Gasteiger partial charge >= 0.3 is 0 Å². The molecule has 4 heterocycles. The summed E-state index contributed by atoms with van der Waals surface area (Å²) < 4.78 is 1.97. The van der Waals surface area contributed by atoms with Gasteiger partial charge in [0.1, 0.15) is 5.69 Å². The van der Waals surface area contributed by atoms with Crippen molar-refractivity contribution in [1.82, 2.24) is 19.9 Å². The van der Waals surface area contributed by atoms with Crippen molar-refractivity contribution in [2.45, 2.75) is 51.6 Å². The molecule has 3 saturated heterocycles. The Hall–Kier alpha value is -2.99. The minimum absolute atomic E-state index is 0.0582. The molecule has 1 amide bonds. The molecule has 4 atom stereocenters. The van der Waals surface area contributed by atoms with Gasteiger partial charge in [-0.2, -0.15) is 0 Å². The van der Waals surface area contributed by atoms with Crippen LogP contribution in [-0.4, -0.2) is 44.9 Å². The molecule has 1 aromatic heterocycles. The molecule has 0 aliphatic carbocycles. The third kappa shape index (κ3) is 4.71. The maximum Gasteiger partial charge on any atom is 0.229 e. The van der Waals surface area contributed by atoms with E-state index in [9.17, 15) is 4.79 Å². The summed E-state index contributed by atoms with van der Waals surface area (Å²) in [6.07, 6.45) is 4.17. The van der Waals surface area contributed by atoms with Crippen LogP contribution in [0.4, 0.5) is 5.69 Å². The molecule has 33 heavy (non-hydrogen) atoms. The highest BCUT2D eigenvalue weighted by Crippen LogP contribution is 2.37. The number of hydrogen-bond donors (Lipinski definition) is 1. The van der Waals surface area contributed by atoms with E-state index in [1.54, 1.807) is 0 Å². The Kier molecular flexibility index (Phi) is 5.79. The second-order valence-corrected chi connectivity index (χ2v) is 10.5. The second-order valence-electron chi connectivity index (χ2n) is 10.5. The average Bonchev–Trinajstić information content (AvgIpc) is 3.28. The van der Waals surface area contributed by atoms with E-state index in [0.717, 1.165) is 49.4 Å². The fourth-order valence-electron chi connectivity index (χ4n) is 5.26. The summed E-state index contributed by atoms with van der Waals surface area (Å²) in [5.74, 6) is 0.635. The number of amides is 1. The first kappa shape index (κ1) is 21.8. The zero-order valence-corrected chi connectivity index (χ0v) is 19.7. The number of aromatic nitrogens is 3. The summed E-state index contributed by atoms with van der Waals surface area (Å²) in [6.45, 7) is 9.37. The van der Waals surface area contributed by atoms with E-state index in [2.05, 4.69) is 71.8 Å². The first-order chi connectivity index (χ1) is 15.9. The first-order valence-corrected chi connectivity index (χ1v) is 12.0. The van der Waals surface area contributed by atoms with Gasteiger partial charge in [-0.05, 0) is 48.4 Å². The number of hydrogen-bond acceptors (Lipinski definition) is 4. The molecule has 6 rings (SSSR count). The predicted octanol–water partition coefficient (Wildman–Crippen LogP) is 4.59. The molecule has 0 spiro atoms. The number of para-hydroxylation sites is 1. The van der Waals surface area contributed by atoms with Crippen molar-refractivity contribution in [3.05, 3.63) is 66.4 Å². The molecular formula is C27H33N5O. The fraction of sp³-hybridized carbons (Fsp3) is 0.444. The molecular weight excluding hydrogens is 410 g/mol. The first-order valence-electron chi connectivity index (χ1n) is 12.0. The van der Waals surface area contributed by atoms with Gasteiger partial charge in [0.2, 0.25) is 5.91 Å². The summed E-state index contributed by atoms with van der Waals surface area (Å²) in [6, 6.07) is 18.8. The van der Waals surface area contributed by atoms with E-state index in [1.165, 1.54) is 5.56 Å². The maximum absolute atomic E-state index is 12.9. The normalized spacial score (nSPS) is 24.6. The largest absolute Gasteiger partial charge is 0.326 e. The highest BCUT2D eigenvalue weighted by Gasteiger charge is 2.43. The number of fused-ring (bicyclic) bond motifs is 3. The van der Waals surface area contributed by atoms with Crippen LogP contribution in [0, 0.1) is 11.8 Å². The number of carbonyl (C=O) groups excluding carboxylic acids is 1. The van der Waals surface area contributed by atoms with E-state index in [4.69, 9.17) is 0 Å². The van der Waals surface area contributed by atoms with E-state index in [1.807, 2.05) is 35.0 Å². The van der Waals surface area contributed by atoms with Crippen molar-refractivity contribution in [3.8, 4) is 11.3 Å². The standard InChI is InChI=1S/C27H33N5O/c1-27(2,3)21-11-9-19(10-12-21)25-18-32(30-29-25)16-23-15-20-13-14-31(23)17-24(20)26(33)28-22-7-5-4-6-8-22/h4-12,18,20,23-24H,13-17H2,1-3H3,(H,28,33). The number of nitrogens with zero attached hydrogens (tertiary/aromatic N) is 4. The Bertz CT molecular complexity index is 1100. The third-order valence-electron chi connectivity index (χ3n) is 7.24. The minimum Gasteiger partial charge on any atom is -0.326 e.